The quantitative estimate of drug-likeness (QED) is 0.292. The summed E-state index contributed by atoms with van der Waals surface area (Å²) < 4.78 is 5.26. The third-order valence-electron chi connectivity index (χ3n) is 3.74. The molecule has 1 rings (SSSR count). The van der Waals surface area contributed by atoms with Crippen molar-refractivity contribution in [3.8, 4) is 0 Å². The summed E-state index contributed by atoms with van der Waals surface area (Å²) in [5.74, 6) is -0.202. The van der Waals surface area contributed by atoms with Crippen LogP contribution in [-0.2, 0) is 4.74 Å². The molecule has 0 heterocycles. The van der Waals surface area contributed by atoms with Crippen molar-refractivity contribution in [2.75, 3.05) is 6.61 Å². The first-order valence-electron chi connectivity index (χ1n) is 8.56. The molecule has 0 aliphatic carbocycles. The summed E-state index contributed by atoms with van der Waals surface area (Å²) in [6, 6.07) is 9.20. The second kappa shape index (κ2) is 15.8. The van der Waals surface area contributed by atoms with Gasteiger partial charge in [0.2, 0.25) is 0 Å². The molecule has 0 aliphatic rings. The molecule has 0 aromatic heterocycles. The minimum Gasteiger partial charge on any atom is -0.462 e. The Labute approximate surface area is 166 Å². The zero-order valence-electron chi connectivity index (χ0n) is 14.2. The minimum atomic E-state index is -0.202. The van der Waals surface area contributed by atoms with Crippen LogP contribution in [0.1, 0.15) is 81.5 Å². The molecule has 0 spiro atoms. The van der Waals surface area contributed by atoms with Crippen molar-refractivity contribution >= 4 is 43.7 Å². The summed E-state index contributed by atoms with van der Waals surface area (Å²) in [4.78, 5) is 11.7. The first kappa shape index (κ1) is 21.9. The fraction of sp³-hybridized carbons (Fsp3) is 0.632. The van der Waals surface area contributed by atoms with E-state index in [2.05, 4.69) is 6.92 Å². The summed E-state index contributed by atoms with van der Waals surface area (Å²) in [6.07, 6.45) is 12.9. The van der Waals surface area contributed by atoms with Crippen molar-refractivity contribution < 1.29 is 9.53 Å². The third-order valence-corrected chi connectivity index (χ3v) is 3.74. The van der Waals surface area contributed by atoms with Crippen LogP contribution < -0.4 is 0 Å². The van der Waals surface area contributed by atoms with Crippen LogP contribution in [0.5, 0.6) is 0 Å². The zero-order chi connectivity index (χ0) is 15.2. The molecule has 0 saturated carbocycles. The molecule has 0 saturated heterocycles. The van der Waals surface area contributed by atoms with Gasteiger partial charge in [-0.2, -0.15) is 0 Å². The SMILES string of the molecule is CCCCCCCCCCCCOC(=O)c1ccccc1.[Ca+2]. The molecule has 3 heteroatoms. The Bertz CT molecular complexity index is 365. The predicted molar refractivity (Wildman–Crippen MR) is 94.3 cm³/mol. The third kappa shape index (κ3) is 11.5. The van der Waals surface area contributed by atoms with Crippen molar-refractivity contribution in [2.45, 2.75) is 71.1 Å². The van der Waals surface area contributed by atoms with E-state index in [4.69, 9.17) is 4.74 Å². The van der Waals surface area contributed by atoms with E-state index in [0.717, 1.165) is 12.8 Å². The summed E-state index contributed by atoms with van der Waals surface area (Å²) in [5.41, 5.74) is 0.643. The van der Waals surface area contributed by atoms with Gasteiger partial charge in [0, 0.05) is 0 Å². The second-order valence-electron chi connectivity index (χ2n) is 5.68. The summed E-state index contributed by atoms with van der Waals surface area (Å²) in [6.45, 7) is 2.80. The van der Waals surface area contributed by atoms with E-state index in [1.165, 1.54) is 51.4 Å². The monoisotopic (exact) mass is 330 g/mol. The van der Waals surface area contributed by atoms with E-state index in [9.17, 15) is 4.79 Å². The molecule has 1 aromatic rings. The first-order valence-corrected chi connectivity index (χ1v) is 8.56. The van der Waals surface area contributed by atoms with Crippen LogP contribution in [-0.4, -0.2) is 50.3 Å². The molecule has 22 heavy (non-hydrogen) atoms. The number of esters is 1. The molecular formula is C19H30CaO2+2. The van der Waals surface area contributed by atoms with E-state index in [-0.39, 0.29) is 43.7 Å². The van der Waals surface area contributed by atoms with Crippen LogP contribution >= 0.6 is 0 Å². The Morgan fingerprint density at radius 3 is 1.86 bits per heavy atom. The van der Waals surface area contributed by atoms with Crippen molar-refractivity contribution in [1.29, 1.82) is 0 Å². The molecule has 0 unspecified atom stereocenters. The molecule has 0 bridgehead atoms. The van der Waals surface area contributed by atoms with Crippen LogP contribution in [0.4, 0.5) is 0 Å². The molecule has 0 radical (unpaired) electrons. The molecule has 0 N–H and O–H groups in total. The van der Waals surface area contributed by atoms with E-state index in [0.29, 0.717) is 12.2 Å². The van der Waals surface area contributed by atoms with Gasteiger partial charge in [-0.3, -0.25) is 0 Å². The van der Waals surface area contributed by atoms with Crippen LogP contribution in [0.3, 0.4) is 0 Å². The molecule has 0 fully saturated rings. The molecule has 2 nitrogen and oxygen atoms in total. The van der Waals surface area contributed by atoms with Crippen LogP contribution in [0.25, 0.3) is 0 Å². The average molecular weight is 331 g/mol. The van der Waals surface area contributed by atoms with Gasteiger partial charge in [-0.05, 0) is 18.6 Å². The maximum atomic E-state index is 11.7. The molecular weight excluding hydrogens is 300 g/mol. The second-order valence-corrected chi connectivity index (χ2v) is 5.68. The Morgan fingerprint density at radius 2 is 1.32 bits per heavy atom. The van der Waals surface area contributed by atoms with Gasteiger partial charge >= 0.3 is 43.7 Å². The maximum Gasteiger partial charge on any atom is 2.00 e. The predicted octanol–water partition coefficient (Wildman–Crippen LogP) is 5.38. The number of carbonyl (C=O) groups excluding carboxylic acids is 1. The van der Waals surface area contributed by atoms with Gasteiger partial charge in [0.1, 0.15) is 0 Å². The Balaban J connectivity index is 0.00000441. The van der Waals surface area contributed by atoms with Crippen molar-refractivity contribution in [2.24, 2.45) is 0 Å². The smallest absolute Gasteiger partial charge is 0.462 e. The van der Waals surface area contributed by atoms with E-state index in [1.54, 1.807) is 12.1 Å². The molecule has 0 atom stereocenters. The average Bonchev–Trinajstić information content (AvgIpc) is 2.53. The van der Waals surface area contributed by atoms with Gasteiger partial charge in [0.05, 0.1) is 12.2 Å². The summed E-state index contributed by atoms with van der Waals surface area (Å²) in [7, 11) is 0. The van der Waals surface area contributed by atoms with Gasteiger partial charge in [0.15, 0.2) is 0 Å². The Kier molecular flexibility index (Phi) is 15.8. The fourth-order valence-corrected chi connectivity index (χ4v) is 2.41. The van der Waals surface area contributed by atoms with Gasteiger partial charge in [0.25, 0.3) is 0 Å². The van der Waals surface area contributed by atoms with Crippen molar-refractivity contribution in [1.82, 2.24) is 0 Å². The Hall–Kier alpha value is -0.0503. The summed E-state index contributed by atoms with van der Waals surface area (Å²) >= 11 is 0. The number of carbonyl (C=O) groups is 1. The van der Waals surface area contributed by atoms with Gasteiger partial charge < -0.3 is 4.74 Å². The Morgan fingerprint density at radius 1 is 0.818 bits per heavy atom. The molecule has 0 aliphatic heterocycles. The van der Waals surface area contributed by atoms with E-state index in [1.807, 2.05) is 18.2 Å². The van der Waals surface area contributed by atoms with Gasteiger partial charge in [-0.15, -0.1) is 0 Å². The van der Waals surface area contributed by atoms with Gasteiger partial charge in [-0.25, -0.2) is 4.79 Å². The topological polar surface area (TPSA) is 26.3 Å². The number of hydrogen-bond donors (Lipinski definition) is 0. The number of hydrogen-bond acceptors (Lipinski definition) is 2. The zero-order valence-corrected chi connectivity index (χ0v) is 16.4. The largest absolute Gasteiger partial charge is 2.00 e. The van der Waals surface area contributed by atoms with Crippen LogP contribution in [0.15, 0.2) is 30.3 Å². The molecule has 1 aromatic carbocycles. The van der Waals surface area contributed by atoms with E-state index < -0.39 is 0 Å². The fourth-order valence-electron chi connectivity index (χ4n) is 2.41. The first-order chi connectivity index (χ1) is 10.3. The van der Waals surface area contributed by atoms with Gasteiger partial charge in [-0.1, -0.05) is 82.9 Å². The number of ether oxygens (including phenoxy) is 1. The van der Waals surface area contributed by atoms with Crippen LogP contribution in [0, 0.1) is 0 Å². The number of benzene rings is 1. The molecule has 0 amide bonds. The summed E-state index contributed by atoms with van der Waals surface area (Å²) in [5, 5.41) is 0. The maximum absolute atomic E-state index is 11.7. The number of rotatable bonds is 12. The van der Waals surface area contributed by atoms with Crippen LogP contribution in [0.2, 0.25) is 0 Å². The minimum absolute atomic E-state index is 0. The van der Waals surface area contributed by atoms with Crippen molar-refractivity contribution in [3.05, 3.63) is 35.9 Å². The number of unbranched alkanes of at least 4 members (excludes halogenated alkanes) is 9. The van der Waals surface area contributed by atoms with Crippen molar-refractivity contribution in [3.63, 3.8) is 0 Å². The van der Waals surface area contributed by atoms with E-state index >= 15 is 0 Å². The standard InChI is InChI=1S/C19H30O2.Ca/c1-2-3-4-5-6-7-8-9-10-14-17-21-19(20)18-15-12-11-13-16-18;/h11-13,15-16H,2-10,14,17H2,1H3;/q;+2. The normalized spacial score (nSPS) is 10.0. The molecule has 118 valence electrons.